The lowest BCUT2D eigenvalue weighted by molar-refractivity contribution is 0.660. The molecular formula is C55H37NO. The van der Waals surface area contributed by atoms with E-state index in [9.17, 15) is 0 Å². The summed E-state index contributed by atoms with van der Waals surface area (Å²) in [6.45, 7) is 4.70. The Balaban J connectivity index is 1.10. The first kappa shape index (κ1) is 32.1. The second kappa shape index (κ2) is 11.9. The van der Waals surface area contributed by atoms with E-state index in [4.69, 9.17) is 4.42 Å². The zero-order chi connectivity index (χ0) is 37.8. The molecule has 0 amide bonds. The molecule has 2 nitrogen and oxygen atoms in total. The minimum atomic E-state index is -0.130. The van der Waals surface area contributed by atoms with Crippen LogP contribution in [0.2, 0.25) is 0 Å². The van der Waals surface area contributed by atoms with Gasteiger partial charge in [0.25, 0.3) is 0 Å². The van der Waals surface area contributed by atoms with Crippen LogP contribution in [0.1, 0.15) is 25.0 Å². The summed E-state index contributed by atoms with van der Waals surface area (Å²) in [6, 6.07) is 68.8. The maximum Gasteiger partial charge on any atom is 0.137 e. The fourth-order valence-electron chi connectivity index (χ4n) is 9.99. The molecule has 0 aliphatic heterocycles. The van der Waals surface area contributed by atoms with E-state index in [2.05, 4.69) is 207 Å². The Morgan fingerprint density at radius 1 is 0.386 bits per heavy atom. The van der Waals surface area contributed by atoms with Crippen LogP contribution in [0.4, 0.5) is 17.1 Å². The average Bonchev–Trinajstić information content (AvgIpc) is 3.88. The van der Waals surface area contributed by atoms with Gasteiger partial charge in [0.2, 0.25) is 0 Å². The van der Waals surface area contributed by atoms with Gasteiger partial charge in [-0.05, 0) is 114 Å². The van der Waals surface area contributed by atoms with E-state index in [-0.39, 0.29) is 5.41 Å². The lowest BCUT2D eigenvalue weighted by Gasteiger charge is -2.29. The van der Waals surface area contributed by atoms with E-state index < -0.39 is 0 Å². The molecule has 0 fully saturated rings. The Bertz CT molecular complexity index is 3230. The Labute approximate surface area is 331 Å². The molecule has 10 aromatic rings. The maximum atomic E-state index is 6.72. The number of rotatable bonds is 5. The molecule has 268 valence electrons. The molecule has 0 atom stereocenters. The monoisotopic (exact) mass is 727 g/mol. The first-order chi connectivity index (χ1) is 28.0. The van der Waals surface area contributed by atoms with Crippen LogP contribution in [0, 0.1) is 0 Å². The second-order valence-electron chi connectivity index (χ2n) is 16.0. The zero-order valence-electron chi connectivity index (χ0n) is 31.8. The predicted molar refractivity (Wildman–Crippen MR) is 239 cm³/mol. The predicted octanol–water partition coefficient (Wildman–Crippen LogP) is 15.5. The van der Waals surface area contributed by atoms with Crippen molar-refractivity contribution in [2.24, 2.45) is 0 Å². The SMILES string of the molecule is CC1(C)c2ccccc2-c2c(N(c3ccc(-c4ccccc4)cc3)c3cccc4oc5ccc(-c6ccc7c8c(cccc68)-c6ccccc6-7)cc5c34)cccc21. The van der Waals surface area contributed by atoms with Crippen molar-refractivity contribution in [1.82, 2.24) is 0 Å². The first-order valence-corrected chi connectivity index (χ1v) is 19.8. The summed E-state index contributed by atoms with van der Waals surface area (Å²) in [7, 11) is 0. The van der Waals surface area contributed by atoms with Crippen molar-refractivity contribution in [2.45, 2.75) is 19.3 Å². The quantitative estimate of drug-likeness (QED) is 0.175. The fraction of sp³-hybridized carbons (Fsp3) is 0.0545. The number of benzene rings is 9. The third-order valence-corrected chi connectivity index (χ3v) is 12.6. The molecule has 2 heteroatoms. The molecule has 0 bridgehead atoms. The summed E-state index contributed by atoms with van der Waals surface area (Å²) in [5, 5.41) is 4.81. The molecular weight excluding hydrogens is 691 g/mol. The summed E-state index contributed by atoms with van der Waals surface area (Å²) in [5.74, 6) is 0. The van der Waals surface area contributed by atoms with Gasteiger partial charge in [0.1, 0.15) is 11.2 Å². The van der Waals surface area contributed by atoms with Crippen LogP contribution < -0.4 is 4.90 Å². The summed E-state index contributed by atoms with van der Waals surface area (Å²) < 4.78 is 6.72. The van der Waals surface area contributed by atoms with E-state index >= 15 is 0 Å². The van der Waals surface area contributed by atoms with Crippen LogP contribution in [-0.2, 0) is 5.41 Å². The van der Waals surface area contributed by atoms with Crippen molar-refractivity contribution in [2.75, 3.05) is 4.90 Å². The van der Waals surface area contributed by atoms with Crippen LogP contribution in [0.5, 0.6) is 0 Å². The standard InChI is InChI=1S/C55H37NO/c1-55(2)46-20-9-8-17-44(46)53-47(55)21-11-22-48(53)56(37-28-25-35(26-29-37)34-13-4-3-5-14-34)49-23-12-24-51-54(49)45-33-36(27-32-50(45)57-51)38-30-31-43-40-16-7-6-15-39(40)42-19-10-18-41(38)52(42)43/h3-33H,1-2H3. The largest absolute Gasteiger partial charge is 0.456 e. The van der Waals surface area contributed by atoms with Gasteiger partial charge >= 0.3 is 0 Å². The molecule has 2 aliphatic carbocycles. The number of fused-ring (bicyclic) bond motifs is 9. The van der Waals surface area contributed by atoms with Crippen LogP contribution in [-0.4, -0.2) is 0 Å². The molecule has 0 saturated heterocycles. The highest BCUT2D eigenvalue weighted by Gasteiger charge is 2.38. The van der Waals surface area contributed by atoms with Gasteiger partial charge in [-0.25, -0.2) is 0 Å². The smallest absolute Gasteiger partial charge is 0.137 e. The highest BCUT2D eigenvalue weighted by atomic mass is 16.3. The van der Waals surface area contributed by atoms with Gasteiger partial charge in [-0.2, -0.15) is 0 Å². The Morgan fingerprint density at radius 3 is 1.82 bits per heavy atom. The minimum absolute atomic E-state index is 0.130. The molecule has 57 heavy (non-hydrogen) atoms. The molecule has 0 N–H and O–H groups in total. The van der Waals surface area contributed by atoms with Gasteiger partial charge in [-0.3, -0.25) is 0 Å². The number of hydrogen-bond donors (Lipinski definition) is 0. The van der Waals surface area contributed by atoms with Crippen LogP contribution in [0.15, 0.2) is 192 Å². The van der Waals surface area contributed by atoms with Gasteiger partial charge < -0.3 is 9.32 Å². The molecule has 0 spiro atoms. The number of furan rings is 1. The van der Waals surface area contributed by atoms with Crippen LogP contribution in [0.3, 0.4) is 0 Å². The number of nitrogens with zero attached hydrogens (tertiary/aromatic N) is 1. The van der Waals surface area contributed by atoms with Crippen LogP contribution in [0.25, 0.3) is 88.3 Å². The van der Waals surface area contributed by atoms with Crippen LogP contribution >= 0.6 is 0 Å². The topological polar surface area (TPSA) is 16.4 Å². The number of hydrogen-bond acceptors (Lipinski definition) is 2. The van der Waals surface area contributed by atoms with Gasteiger partial charge in [0.15, 0.2) is 0 Å². The molecule has 12 rings (SSSR count). The molecule has 1 heterocycles. The Hall–Kier alpha value is -7.16. The highest BCUT2D eigenvalue weighted by molar-refractivity contribution is 6.20. The highest BCUT2D eigenvalue weighted by Crippen LogP contribution is 2.55. The molecule has 1 aromatic heterocycles. The van der Waals surface area contributed by atoms with Crippen molar-refractivity contribution in [3.8, 4) is 55.6 Å². The minimum Gasteiger partial charge on any atom is -0.456 e. The van der Waals surface area contributed by atoms with Crippen molar-refractivity contribution in [3.63, 3.8) is 0 Å². The molecule has 2 aliphatic rings. The molecule has 9 aromatic carbocycles. The molecule has 0 saturated carbocycles. The van der Waals surface area contributed by atoms with Gasteiger partial charge in [-0.15, -0.1) is 0 Å². The van der Waals surface area contributed by atoms with E-state index in [1.807, 2.05) is 0 Å². The van der Waals surface area contributed by atoms with E-state index in [1.165, 1.54) is 77.5 Å². The lowest BCUT2D eigenvalue weighted by atomic mass is 9.82. The molecule has 0 radical (unpaired) electrons. The van der Waals surface area contributed by atoms with Crippen molar-refractivity contribution in [3.05, 3.63) is 199 Å². The summed E-state index contributed by atoms with van der Waals surface area (Å²) in [5.41, 5.74) is 20.3. The maximum absolute atomic E-state index is 6.72. The third-order valence-electron chi connectivity index (χ3n) is 12.6. The van der Waals surface area contributed by atoms with Crippen molar-refractivity contribution >= 4 is 49.8 Å². The first-order valence-electron chi connectivity index (χ1n) is 19.8. The lowest BCUT2D eigenvalue weighted by Crippen LogP contribution is -2.16. The molecule has 0 unspecified atom stereocenters. The van der Waals surface area contributed by atoms with Gasteiger partial charge in [-0.1, -0.05) is 159 Å². The van der Waals surface area contributed by atoms with Gasteiger partial charge in [0.05, 0.1) is 16.8 Å². The van der Waals surface area contributed by atoms with Crippen molar-refractivity contribution in [1.29, 1.82) is 0 Å². The van der Waals surface area contributed by atoms with E-state index in [0.29, 0.717) is 0 Å². The van der Waals surface area contributed by atoms with Crippen molar-refractivity contribution < 1.29 is 4.42 Å². The summed E-state index contributed by atoms with van der Waals surface area (Å²) >= 11 is 0. The summed E-state index contributed by atoms with van der Waals surface area (Å²) in [4.78, 5) is 2.46. The number of anilines is 3. The Morgan fingerprint density at radius 2 is 1.00 bits per heavy atom. The van der Waals surface area contributed by atoms with Gasteiger partial charge in [0, 0.05) is 22.1 Å². The average molecular weight is 728 g/mol. The summed E-state index contributed by atoms with van der Waals surface area (Å²) in [6.07, 6.45) is 0. The zero-order valence-corrected chi connectivity index (χ0v) is 31.8. The normalized spacial score (nSPS) is 13.2. The third kappa shape index (κ3) is 4.59. The van der Waals surface area contributed by atoms with E-state index in [1.54, 1.807) is 0 Å². The second-order valence-corrected chi connectivity index (χ2v) is 16.0. The fourth-order valence-corrected chi connectivity index (χ4v) is 9.99. The Kier molecular flexibility index (Phi) is 6.72. The van der Waals surface area contributed by atoms with E-state index in [0.717, 1.165) is 39.0 Å².